The lowest BCUT2D eigenvalue weighted by molar-refractivity contribution is 0.0496. The maximum atomic E-state index is 10.1. The Labute approximate surface area is 121 Å². The van der Waals surface area contributed by atoms with Crippen LogP contribution >= 0.6 is 0 Å². The molecule has 1 saturated heterocycles. The van der Waals surface area contributed by atoms with Gasteiger partial charge in [-0.2, -0.15) is 0 Å². The number of anilines is 1. The van der Waals surface area contributed by atoms with Gasteiger partial charge in [0, 0.05) is 31.5 Å². The molecule has 1 aliphatic heterocycles. The molecule has 0 aliphatic carbocycles. The highest BCUT2D eigenvalue weighted by atomic mass is 16.5. The van der Waals surface area contributed by atoms with Crippen LogP contribution in [0.15, 0.2) is 18.2 Å². The zero-order valence-corrected chi connectivity index (χ0v) is 12.8. The second-order valence-electron chi connectivity index (χ2n) is 5.56. The molecule has 1 aliphatic rings. The molecule has 3 unspecified atom stereocenters. The van der Waals surface area contributed by atoms with Crippen LogP contribution in [0.25, 0.3) is 0 Å². The van der Waals surface area contributed by atoms with E-state index >= 15 is 0 Å². The van der Waals surface area contributed by atoms with Crippen molar-refractivity contribution in [2.75, 3.05) is 32.2 Å². The van der Waals surface area contributed by atoms with Gasteiger partial charge in [0.25, 0.3) is 0 Å². The summed E-state index contributed by atoms with van der Waals surface area (Å²) >= 11 is 0. The van der Waals surface area contributed by atoms with E-state index in [4.69, 9.17) is 9.47 Å². The van der Waals surface area contributed by atoms with Gasteiger partial charge in [-0.3, -0.25) is 0 Å². The van der Waals surface area contributed by atoms with Crippen molar-refractivity contribution >= 4 is 5.69 Å². The SMILES string of the molecule is COc1cccc(N2CCC(C)C(OC)C2)c1C(C)O. The summed E-state index contributed by atoms with van der Waals surface area (Å²) in [6, 6.07) is 5.92. The third-order valence-electron chi connectivity index (χ3n) is 4.21. The van der Waals surface area contributed by atoms with Crippen molar-refractivity contribution < 1.29 is 14.6 Å². The number of rotatable bonds is 4. The normalized spacial score (nSPS) is 24.6. The predicted octanol–water partition coefficient (Wildman–Crippen LogP) is 2.61. The molecule has 1 aromatic rings. The smallest absolute Gasteiger partial charge is 0.126 e. The fourth-order valence-corrected chi connectivity index (χ4v) is 2.97. The van der Waals surface area contributed by atoms with E-state index < -0.39 is 6.10 Å². The van der Waals surface area contributed by atoms with Crippen molar-refractivity contribution in [2.45, 2.75) is 32.5 Å². The molecule has 4 nitrogen and oxygen atoms in total. The van der Waals surface area contributed by atoms with Crippen molar-refractivity contribution in [2.24, 2.45) is 5.92 Å². The Morgan fingerprint density at radius 2 is 2.10 bits per heavy atom. The highest BCUT2D eigenvalue weighted by Gasteiger charge is 2.28. The number of aliphatic hydroxyl groups is 1. The minimum atomic E-state index is -0.554. The van der Waals surface area contributed by atoms with E-state index in [1.54, 1.807) is 21.1 Å². The van der Waals surface area contributed by atoms with Gasteiger partial charge in [-0.25, -0.2) is 0 Å². The standard InChI is InChI=1S/C16H25NO3/c1-11-8-9-17(10-15(11)20-4)13-6-5-7-14(19-3)16(13)12(2)18/h5-7,11-12,15,18H,8-10H2,1-4H3. The fourth-order valence-electron chi connectivity index (χ4n) is 2.97. The van der Waals surface area contributed by atoms with E-state index in [0.717, 1.165) is 36.5 Å². The quantitative estimate of drug-likeness (QED) is 0.920. The van der Waals surface area contributed by atoms with Crippen LogP contribution in [0, 0.1) is 5.92 Å². The number of methoxy groups -OCH3 is 2. The first-order valence-corrected chi connectivity index (χ1v) is 7.21. The summed E-state index contributed by atoms with van der Waals surface area (Å²) in [4.78, 5) is 2.29. The molecule has 1 aromatic carbocycles. The Balaban J connectivity index is 2.32. The van der Waals surface area contributed by atoms with Gasteiger partial charge >= 0.3 is 0 Å². The average Bonchev–Trinajstić information content (AvgIpc) is 2.46. The van der Waals surface area contributed by atoms with Crippen LogP contribution in [-0.2, 0) is 4.74 Å². The van der Waals surface area contributed by atoms with Gasteiger partial charge in [0.1, 0.15) is 5.75 Å². The summed E-state index contributed by atoms with van der Waals surface area (Å²) in [5.41, 5.74) is 1.91. The lowest BCUT2D eigenvalue weighted by atomic mass is 9.94. The maximum Gasteiger partial charge on any atom is 0.126 e. The molecule has 0 saturated carbocycles. The van der Waals surface area contributed by atoms with Gasteiger partial charge in [0.15, 0.2) is 0 Å². The Morgan fingerprint density at radius 3 is 2.70 bits per heavy atom. The summed E-state index contributed by atoms with van der Waals surface area (Å²) in [5.74, 6) is 1.31. The average molecular weight is 279 g/mol. The van der Waals surface area contributed by atoms with E-state index in [1.165, 1.54) is 0 Å². The molecule has 0 radical (unpaired) electrons. The number of aliphatic hydroxyl groups excluding tert-OH is 1. The molecule has 0 spiro atoms. The summed E-state index contributed by atoms with van der Waals surface area (Å²) in [6.07, 6.45) is 0.771. The van der Waals surface area contributed by atoms with Crippen LogP contribution in [0.4, 0.5) is 5.69 Å². The Kier molecular flexibility index (Phi) is 4.89. The van der Waals surface area contributed by atoms with Crippen molar-refractivity contribution in [1.82, 2.24) is 0 Å². The Morgan fingerprint density at radius 1 is 1.35 bits per heavy atom. The summed E-state index contributed by atoms with van der Waals surface area (Å²) in [5, 5.41) is 10.1. The second-order valence-corrected chi connectivity index (χ2v) is 5.56. The highest BCUT2D eigenvalue weighted by molar-refractivity contribution is 5.60. The van der Waals surface area contributed by atoms with Crippen LogP contribution in [-0.4, -0.2) is 38.5 Å². The molecule has 1 fully saturated rings. The van der Waals surface area contributed by atoms with E-state index in [0.29, 0.717) is 5.92 Å². The molecule has 0 bridgehead atoms. The molecule has 3 atom stereocenters. The minimum absolute atomic E-state index is 0.233. The first kappa shape index (κ1) is 15.1. The zero-order valence-electron chi connectivity index (χ0n) is 12.8. The highest BCUT2D eigenvalue weighted by Crippen LogP contribution is 2.36. The third-order valence-corrected chi connectivity index (χ3v) is 4.21. The Hall–Kier alpha value is -1.26. The summed E-state index contributed by atoms with van der Waals surface area (Å²) < 4.78 is 11.0. The number of piperidine rings is 1. The van der Waals surface area contributed by atoms with Crippen LogP contribution in [0.2, 0.25) is 0 Å². The van der Waals surface area contributed by atoms with Crippen LogP contribution in [0.3, 0.4) is 0 Å². The van der Waals surface area contributed by atoms with Gasteiger partial charge in [0.2, 0.25) is 0 Å². The molecule has 1 N–H and O–H groups in total. The summed E-state index contributed by atoms with van der Waals surface area (Å²) in [7, 11) is 3.41. The van der Waals surface area contributed by atoms with E-state index in [1.807, 2.05) is 18.2 Å². The molecule has 1 heterocycles. The molecule has 20 heavy (non-hydrogen) atoms. The topological polar surface area (TPSA) is 41.9 Å². The first-order chi connectivity index (χ1) is 9.58. The minimum Gasteiger partial charge on any atom is -0.496 e. The van der Waals surface area contributed by atoms with Gasteiger partial charge in [-0.05, 0) is 31.4 Å². The van der Waals surface area contributed by atoms with E-state index in [9.17, 15) is 5.11 Å². The van der Waals surface area contributed by atoms with Crippen molar-refractivity contribution in [3.63, 3.8) is 0 Å². The summed E-state index contributed by atoms with van der Waals surface area (Å²) in [6.45, 7) is 5.84. The van der Waals surface area contributed by atoms with Crippen molar-refractivity contribution in [3.8, 4) is 5.75 Å². The molecular formula is C16H25NO3. The van der Waals surface area contributed by atoms with Crippen molar-refractivity contribution in [1.29, 1.82) is 0 Å². The third kappa shape index (κ3) is 2.91. The largest absolute Gasteiger partial charge is 0.496 e. The van der Waals surface area contributed by atoms with Crippen LogP contribution < -0.4 is 9.64 Å². The van der Waals surface area contributed by atoms with Gasteiger partial charge in [0.05, 0.1) is 19.3 Å². The van der Waals surface area contributed by atoms with Gasteiger partial charge in [-0.15, -0.1) is 0 Å². The molecular weight excluding hydrogens is 254 g/mol. The predicted molar refractivity (Wildman–Crippen MR) is 80.4 cm³/mol. The number of nitrogens with zero attached hydrogens (tertiary/aromatic N) is 1. The lowest BCUT2D eigenvalue weighted by Crippen LogP contribution is -2.44. The first-order valence-electron chi connectivity index (χ1n) is 7.21. The molecule has 112 valence electrons. The Bertz CT molecular complexity index is 447. The number of ether oxygens (including phenoxy) is 2. The van der Waals surface area contributed by atoms with E-state index in [2.05, 4.69) is 11.8 Å². The second kappa shape index (κ2) is 6.46. The van der Waals surface area contributed by atoms with Gasteiger partial charge in [-0.1, -0.05) is 13.0 Å². The van der Waals surface area contributed by atoms with Crippen LogP contribution in [0.1, 0.15) is 31.9 Å². The lowest BCUT2D eigenvalue weighted by Gasteiger charge is -2.39. The number of hydrogen-bond acceptors (Lipinski definition) is 4. The fraction of sp³-hybridized carbons (Fsp3) is 0.625. The number of benzene rings is 1. The molecule has 0 amide bonds. The molecule has 4 heteroatoms. The van der Waals surface area contributed by atoms with Gasteiger partial charge < -0.3 is 19.5 Å². The maximum absolute atomic E-state index is 10.1. The molecule has 2 rings (SSSR count). The van der Waals surface area contributed by atoms with Crippen molar-refractivity contribution in [3.05, 3.63) is 23.8 Å². The zero-order chi connectivity index (χ0) is 14.7. The number of hydrogen-bond donors (Lipinski definition) is 1. The monoisotopic (exact) mass is 279 g/mol. The molecule has 0 aromatic heterocycles. The van der Waals surface area contributed by atoms with Crippen LogP contribution in [0.5, 0.6) is 5.75 Å². The van der Waals surface area contributed by atoms with E-state index in [-0.39, 0.29) is 6.10 Å².